The monoisotopic (exact) mass is 332 g/mol. The zero-order valence-electron chi connectivity index (χ0n) is 15.5. The van der Waals surface area contributed by atoms with E-state index in [0.29, 0.717) is 5.92 Å². The van der Waals surface area contributed by atoms with Crippen molar-refractivity contribution in [2.45, 2.75) is 58.0 Å². The number of nitrogens with zero attached hydrogens (tertiary/aromatic N) is 1. The van der Waals surface area contributed by atoms with Crippen LogP contribution < -0.4 is 5.32 Å². The van der Waals surface area contributed by atoms with Crippen LogP contribution in [0.5, 0.6) is 0 Å². The average Bonchev–Trinajstić information content (AvgIpc) is 2.53. The van der Waals surface area contributed by atoms with Crippen molar-refractivity contribution in [2.75, 3.05) is 20.1 Å². The van der Waals surface area contributed by atoms with Gasteiger partial charge in [0.2, 0.25) is 0 Å². The third-order valence-electron chi connectivity index (χ3n) is 5.15. The fourth-order valence-corrected chi connectivity index (χ4v) is 3.42. The standard InChI is InChI=1S/C20H32N2O2/c1-20(2,3)17-7-5-16(6-8-17)14-22-11-9-15(10-12-22)13-18(21-4)19(23)24/h5-8,15,18,21H,9-14H2,1-4H3,(H,23,24). The molecule has 0 saturated carbocycles. The van der Waals surface area contributed by atoms with E-state index in [2.05, 4.69) is 55.3 Å². The number of aliphatic carboxylic acids is 1. The summed E-state index contributed by atoms with van der Waals surface area (Å²) >= 11 is 0. The highest BCUT2D eigenvalue weighted by atomic mass is 16.4. The fraction of sp³-hybridized carbons (Fsp3) is 0.650. The summed E-state index contributed by atoms with van der Waals surface area (Å²) < 4.78 is 0. The van der Waals surface area contributed by atoms with Gasteiger partial charge in [0.05, 0.1) is 0 Å². The quantitative estimate of drug-likeness (QED) is 0.839. The minimum Gasteiger partial charge on any atom is -0.480 e. The number of nitrogens with one attached hydrogen (secondary N) is 1. The van der Waals surface area contributed by atoms with Gasteiger partial charge in [0.25, 0.3) is 0 Å². The molecule has 1 aliphatic rings. The molecule has 0 spiro atoms. The second kappa shape index (κ2) is 8.13. The van der Waals surface area contributed by atoms with Gasteiger partial charge in [-0.1, -0.05) is 45.0 Å². The number of hydrogen-bond acceptors (Lipinski definition) is 3. The van der Waals surface area contributed by atoms with Crippen molar-refractivity contribution in [2.24, 2.45) is 5.92 Å². The van der Waals surface area contributed by atoms with Crippen molar-refractivity contribution < 1.29 is 9.90 Å². The largest absolute Gasteiger partial charge is 0.480 e. The smallest absolute Gasteiger partial charge is 0.320 e. The molecular weight excluding hydrogens is 300 g/mol. The topological polar surface area (TPSA) is 52.6 Å². The summed E-state index contributed by atoms with van der Waals surface area (Å²) in [6.07, 6.45) is 2.91. The molecule has 2 rings (SSSR count). The Morgan fingerprint density at radius 3 is 2.29 bits per heavy atom. The second-order valence-electron chi connectivity index (χ2n) is 8.08. The van der Waals surface area contributed by atoms with Crippen LogP contribution in [-0.2, 0) is 16.8 Å². The van der Waals surface area contributed by atoms with Crippen LogP contribution in [0.1, 0.15) is 51.2 Å². The van der Waals surface area contributed by atoms with Gasteiger partial charge in [-0.15, -0.1) is 0 Å². The summed E-state index contributed by atoms with van der Waals surface area (Å²) in [6, 6.07) is 8.56. The number of rotatable bonds is 6. The number of carbonyl (C=O) groups is 1. The van der Waals surface area contributed by atoms with Crippen LogP contribution in [0.15, 0.2) is 24.3 Å². The third kappa shape index (κ3) is 5.32. The molecule has 1 aromatic rings. The third-order valence-corrected chi connectivity index (χ3v) is 5.15. The van der Waals surface area contributed by atoms with Crippen molar-refractivity contribution in [3.8, 4) is 0 Å². The summed E-state index contributed by atoms with van der Waals surface area (Å²) in [7, 11) is 1.73. The zero-order chi connectivity index (χ0) is 17.7. The van der Waals surface area contributed by atoms with Crippen molar-refractivity contribution in [3.05, 3.63) is 35.4 Å². The van der Waals surface area contributed by atoms with Crippen molar-refractivity contribution >= 4 is 5.97 Å². The predicted octanol–water partition coefficient (Wildman–Crippen LogP) is 3.26. The van der Waals surface area contributed by atoms with Crippen LogP contribution in [0.4, 0.5) is 0 Å². The Labute approximate surface area is 146 Å². The maximum atomic E-state index is 11.1. The molecule has 0 aliphatic carbocycles. The van der Waals surface area contributed by atoms with Crippen LogP contribution in [0.3, 0.4) is 0 Å². The average molecular weight is 332 g/mol. The molecule has 1 atom stereocenters. The number of carboxylic acid groups (broad SMARTS) is 1. The SMILES string of the molecule is CNC(CC1CCN(Cc2ccc(C(C)(C)C)cc2)CC1)C(=O)O. The minimum atomic E-state index is -0.737. The van der Waals surface area contributed by atoms with Gasteiger partial charge < -0.3 is 10.4 Å². The molecule has 0 bridgehead atoms. The van der Waals surface area contributed by atoms with Gasteiger partial charge >= 0.3 is 5.97 Å². The van der Waals surface area contributed by atoms with Gasteiger partial charge in [0.1, 0.15) is 6.04 Å². The Balaban J connectivity index is 1.81. The first-order chi connectivity index (χ1) is 11.3. The molecule has 2 N–H and O–H groups in total. The Kier molecular flexibility index (Phi) is 6.41. The molecule has 134 valence electrons. The second-order valence-corrected chi connectivity index (χ2v) is 8.08. The lowest BCUT2D eigenvalue weighted by molar-refractivity contribution is -0.139. The summed E-state index contributed by atoms with van der Waals surface area (Å²) in [5.41, 5.74) is 2.93. The summed E-state index contributed by atoms with van der Waals surface area (Å²) in [6.45, 7) is 9.82. The van der Waals surface area contributed by atoms with E-state index in [9.17, 15) is 4.79 Å². The Morgan fingerprint density at radius 2 is 1.83 bits per heavy atom. The van der Waals surface area contributed by atoms with Gasteiger partial charge in [-0.25, -0.2) is 0 Å². The first-order valence-corrected chi connectivity index (χ1v) is 9.01. The number of likely N-dealkylation sites (tertiary alicyclic amines) is 1. The molecule has 0 aromatic heterocycles. The lowest BCUT2D eigenvalue weighted by Crippen LogP contribution is -2.39. The number of piperidine rings is 1. The normalized spacial score (nSPS) is 18.5. The van der Waals surface area contributed by atoms with E-state index in [1.807, 2.05) is 0 Å². The number of carboxylic acids is 1. The number of hydrogen-bond donors (Lipinski definition) is 2. The molecule has 1 saturated heterocycles. The van der Waals surface area contributed by atoms with Crippen LogP contribution in [0.25, 0.3) is 0 Å². The van der Waals surface area contributed by atoms with Crippen molar-refractivity contribution in [1.82, 2.24) is 10.2 Å². The van der Waals surface area contributed by atoms with Crippen molar-refractivity contribution in [3.63, 3.8) is 0 Å². The predicted molar refractivity (Wildman–Crippen MR) is 98.2 cm³/mol. The van der Waals surface area contributed by atoms with Crippen molar-refractivity contribution in [1.29, 1.82) is 0 Å². The molecule has 0 amide bonds. The maximum Gasteiger partial charge on any atom is 0.320 e. The first kappa shape index (κ1) is 18.9. The highest BCUT2D eigenvalue weighted by Gasteiger charge is 2.25. The highest BCUT2D eigenvalue weighted by Crippen LogP contribution is 2.25. The van der Waals surface area contributed by atoms with Crippen LogP contribution in [0.2, 0.25) is 0 Å². The maximum absolute atomic E-state index is 11.1. The molecule has 4 nitrogen and oxygen atoms in total. The van der Waals surface area contributed by atoms with E-state index in [4.69, 9.17) is 5.11 Å². The molecule has 1 aromatic carbocycles. The van der Waals surface area contributed by atoms with E-state index < -0.39 is 12.0 Å². The number of benzene rings is 1. The highest BCUT2D eigenvalue weighted by molar-refractivity contribution is 5.73. The van der Waals surface area contributed by atoms with E-state index in [1.54, 1.807) is 7.05 Å². The lowest BCUT2D eigenvalue weighted by atomic mass is 9.86. The van der Waals surface area contributed by atoms with Gasteiger partial charge in [0, 0.05) is 6.54 Å². The van der Waals surface area contributed by atoms with Gasteiger partial charge in [0.15, 0.2) is 0 Å². The minimum absolute atomic E-state index is 0.199. The van der Waals surface area contributed by atoms with Gasteiger partial charge in [-0.3, -0.25) is 9.69 Å². The molecule has 1 unspecified atom stereocenters. The molecule has 0 radical (unpaired) electrons. The molecule has 4 heteroatoms. The van der Waals surface area contributed by atoms with E-state index in [0.717, 1.165) is 38.9 Å². The zero-order valence-corrected chi connectivity index (χ0v) is 15.5. The summed E-state index contributed by atoms with van der Waals surface area (Å²) in [5.74, 6) is -0.225. The Hall–Kier alpha value is -1.39. The van der Waals surface area contributed by atoms with E-state index in [1.165, 1.54) is 11.1 Å². The fourth-order valence-electron chi connectivity index (χ4n) is 3.42. The summed E-state index contributed by atoms with van der Waals surface area (Å²) in [5, 5.41) is 12.1. The Bertz CT molecular complexity index is 526. The van der Waals surface area contributed by atoms with Crippen LogP contribution in [-0.4, -0.2) is 42.2 Å². The molecule has 1 fully saturated rings. The van der Waals surface area contributed by atoms with E-state index >= 15 is 0 Å². The van der Waals surface area contributed by atoms with Gasteiger partial charge in [-0.05, 0) is 61.9 Å². The number of likely N-dealkylation sites (N-methyl/N-ethyl adjacent to an activating group) is 1. The molecule has 1 aliphatic heterocycles. The lowest BCUT2D eigenvalue weighted by Gasteiger charge is -2.33. The Morgan fingerprint density at radius 1 is 1.25 bits per heavy atom. The van der Waals surface area contributed by atoms with E-state index in [-0.39, 0.29) is 5.41 Å². The first-order valence-electron chi connectivity index (χ1n) is 9.01. The molecule has 1 heterocycles. The molecule has 24 heavy (non-hydrogen) atoms. The van der Waals surface area contributed by atoms with Gasteiger partial charge in [-0.2, -0.15) is 0 Å². The summed E-state index contributed by atoms with van der Waals surface area (Å²) in [4.78, 5) is 13.6. The van der Waals surface area contributed by atoms with Crippen LogP contribution in [0, 0.1) is 5.92 Å². The van der Waals surface area contributed by atoms with Crippen LogP contribution >= 0.6 is 0 Å². The molecular formula is C20H32N2O2.